The molecule has 0 saturated carbocycles. The number of hydrogen-bond donors (Lipinski definition) is 0. The largest absolute Gasteiger partial charge is 0.376 e. The molecule has 2 nitrogen and oxygen atoms in total. The summed E-state index contributed by atoms with van der Waals surface area (Å²) in [7, 11) is 0. The van der Waals surface area contributed by atoms with Crippen LogP contribution in [0.4, 0.5) is 11.4 Å². The van der Waals surface area contributed by atoms with Gasteiger partial charge in [0.05, 0.1) is 16.4 Å². The molecule has 8 aromatic rings. The smallest absolute Gasteiger partial charge is 0.333 e. The van der Waals surface area contributed by atoms with Gasteiger partial charge < -0.3 is 9.38 Å². The first-order valence-corrected chi connectivity index (χ1v) is 16.6. The van der Waals surface area contributed by atoms with Crippen LogP contribution in [0.2, 0.25) is 0 Å². The Morgan fingerprint density at radius 1 is 0.532 bits per heavy atom. The number of hydrogen-bond acceptors (Lipinski definition) is 1. The summed E-state index contributed by atoms with van der Waals surface area (Å²) in [6, 6.07) is 59.2. The molecule has 0 bridgehead atoms. The normalized spacial score (nSPS) is 14.6. The number of fused-ring (bicyclic) bond motifs is 9. The van der Waals surface area contributed by atoms with Crippen LogP contribution in [0.25, 0.3) is 38.6 Å². The molecular formula is C44H29BN2. The molecule has 3 heteroatoms. The maximum atomic E-state index is 2.70. The number of nitrogens with zero attached hydrogens (tertiary/aromatic N) is 2. The molecule has 3 aliphatic rings. The predicted molar refractivity (Wildman–Crippen MR) is 196 cm³/mol. The Kier molecular flexibility index (Phi) is 4.82. The van der Waals surface area contributed by atoms with Crippen molar-refractivity contribution in [2.75, 3.05) is 4.81 Å². The second-order valence-corrected chi connectivity index (χ2v) is 13.3. The van der Waals surface area contributed by atoms with Gasteiger partial charge >= 0.3 is 6.85 Å². The third kappa shape index (κ3) is 2.99. The Labute approximate surface area is 274 Å². The molecule has 3 aliphatic heterocycles. The first-order valence-electron chi connectivity index (χ1n) is 16.6. The average Bonchev–Trinajstić information content (AvgIpc) is 3.47. The zero-order chi connectivity index (χ0) is 30.9. The number of aryl methyl sites for hydroxylation is 1. The summed E-state index contributed by atoms with van der Waals surface area (Å²) < 4.78 is 2.55. The lowest BCUT2D eigenvalue weighted by atomic mass is 9.42. The van der Waals surface area contributed by atoms with Gasteiger partial charge in [0.25, 0.3) is 0 Å². The molecule has 0 radical (unpaired) electrons. The highest BCUT2D eigenvalue weighted by Gasteiger charge is 2.52. The maximum absolute atomic E-state index is 2.70. The molecule has 1 aromatic heterocycles. The van der Waals surface area contributed by atoms with E-state index in [1.807, 2.05) is 0 Å². The van der Waals surface area contributed by atoms with Crippen molar-refractivity contribution in [3.05, 3.63) is 186 Å². The van der Waals surface area contributed by atoms with Crippen molar-refractivity contribution in [1.29, 1.82) is 0 Å². The molecule has 7 aromatic carbocycles. The van der Waals surface area contributed by atoms with Crippen molar-refractivity contribution in [2.24, 2.45) is 0 Å². The fraction of sp³-hybridized carbons (Fsp3) is 0.0455. The van der Waals surface area contributed by atoms with E-state index in [0.29, 0.717) is 0 Å². The number of anilines is 2. The SMILES string of the molecule is Cc1cc2c3c(c1)-n1c4ccccc4c4cccc(c41)B3N1c3ccccc3C(c3ccccc3)(c3ccccc3)c3cccc-2c31. The molecule has 47 heavy (non-hydrogen) atoms. The summed E-state index contributed by atoms with van der Waals surface area (Å²) in [4.78, 5) is 2.70. The molecule has 0 amide bonds. The van der Waals surface area contributed by atoms with Gasteiger partial charge in [-0.1, -0.05) is 140 Å². The van der Waals surface area contributed by atoms with Crippen molar-refractivity contribution < 1.29 is 0 Å². The van der Waals surface area contributed by atoms with Gasteiger partial charge in [0, 0.05) is 33.4 Å². The fourth-order valence-corrected chi connectivity index (χ4v) is 9.44. The molecule has 0 atom stereocenters. The standard InChI is InChI=1S/C44H29BN2/c1-28-26-34-33-19-12-22-36-42(33)47(39-25-11-9-21-35(39)44(36,29-14-4-2-5-15-29)30-16-6-3-7-17-30)45-37-23-13-20-32-31-18-8-10-24-38(31)46(43(32)37)40(27-28)41(34)45/h2-27H,1H3. The van der Waals surface area contributed by atoms with E-state index in [1.54, 1.807) is 0 Å². The van der Waals surface area contributed by atoms with E-state index in [9.17, 15) is 0 Å². The first-order chi connectivity index (χ1) is 23.3. The van der Waals surface area contributed by atoms with E-state index in [4.69, 9.17) is 0 Å². The molecule has 0 aliphatic carbocycles. The molecule has 218 valence electrons. The van der Waals surface area contributed by atoms with Gasteiger partial charge in [0.1, 0.15) is 0 Å². The Hall–Kier alpha value is -5.80. The van der Waals surface area contributed by atoms with Crippen molar-refractivity contribution >= 4 is 51.0 Å². The van der Waals surface area contributed by atoms with Crippen molar-refractivity contribution in [3.8, 4) is 16.8 Å². The Bertz CT molecular complexity index is 2560. The molecule has 0 unspecified atom stereocenters. The van der Waals surface area contributed by atoms with E-state index < -0.39 is 5.41 Å². The monoisotopic (exact) mass is 596 g/mol. The van der Waals surface area contributed by atoms with Gasteiger partial charge in [-0.15, -0.1) is 0 Å². The topological polar surface area (TPSA) is 8.17 Å². The quantitative estimate of drug-likeness (QED) is 0.181. The molecule has 0 N–H and O–H groups in total. The van der Waals surface area contributed by atoms with Crippen molar-refractivity contribution in [1.82, 2.24) is 4.57 Å². The molecule has 0 spiro atoms. The highest BCUT2D eigenvalue weighted by molar-refractivity contribution is 6.93. The zero-order valence-electron chi connectivity index (χ0n) is 26.0. The van der Waals surface area contributed by atoms with Crippen LogP contribution in [-0.4, -0.2) is 11.4 Å². The molecule has 11 rings (SSSR count). The van der Waals surface area contributed by atoms with E-state index in [0.717, 1.165) is 0 Å². The van der Waals surface area contributed by atoms with E-state index in [-0.39, 0.29) is 6.85 Å². The van der Waals surface area contributed by atoms with Crippen LogP contribution in [0.5, 0.6) is 0 Å². The summed E-state index contributed by atoms with van der Waals surface area (Å²) in [5.74, 6) is 0. The van der Waals surface area contributed by atoms with Gasteiger partial charge in [-0.3, -0.25) is 0 Å². The van der Waals surface area contributed by atoms with E-state index in [1.165, 1.54) is 88.7 Å². The Morgan fingerprint density at radius 3 is 2.00 bits per heavy atom. The summed E-state index contributed by atoms with van der Waals surface area (Å²) in [6.07, 6.45) is 0. The molecule has 4 heterocycles. The Balaban J connectivity index is 1.35. The lowest BCUT2D eigenvalue weighted by Gasteiger charge is -2.52. The van der Waals surface area contributed by atoms with Crippen LogP contribution in [0.1, 0.15) is 27.8 Å². The van der Waals surface area contributed by atoms with Gasteiger partial charge in [0.15, 0.2) is 0 Å². The van der Waals surface area contributed by atoms with Crippen LogP contribution < -0.4 is 15.7 Å². The third-order valence-corrected chi connectivity index (χ3v) is 11.0. The Morgan fingerprint density at radius 2 is 1.19 bits per heavy atom. The van der Waals surface area contributed by atoms with Gasteiger partial charge in [-0.05, 0) is 69.4 Å². The lowest BCUT2D eigenvalue weighted by molar-refractivity contribution is 0.734. The number of rotatable bonds is 2. The van der Waals surface area contributed by atoms with Crippen LogP contribution in [0.15, 0.2) is 158 Å². The molecular weight excluding hydrogens is 567 g/mol. The third-order valence-electron chi connectivity index (χ3n) is 11.0. The van der Waals surface area contributed by atoms with Gasteiger partial charge in [-0.2, -0.15) is 0 Å². The summed E-state index contributed by atoms with van der Waals surface area (Å²) >= 11 is 0. The fourth-order valence-electron chi connectivity index (χ4n) is 9.44. The molecule has 0 saturated heterocycles. The summed E-state index contributed by atoms with van der Waals surface area (Å²) in [5, 5.41) is 2.63. The van der Waals surface area contributed by atoms with Crippen molar-refractivity contribution in [2.45, 2.75) is 12.3 Å². The molecule has 0 fully saturated rings. The lowest BCUT2D eigenvalue weighted by Crippen LogP contribution is -2.62. The first kappa shape index (κ1) is 25.4. The van der Waals surface area contributed by atoms with Crippen molar-refractivity contribution in [3.63, 3.8) is 0 Å². The zero-order valence-corrected chi connectivity index (χ0v) is 26.0. The summed E-state index contributed by atoms with van der Waals surface area (Å²) in [6.45, 7) is 2.28. The van der Waals surface area contributed by atoms with E-state index >= 15 is 0 Å². The van der Waals surface area contributed by atoms with Crippen LogP contribution in [-0.2, 0) is 5.41 Å². The average molecular weight is 597 g/mol. The minimum atomic E-state index is -0.485. The highest BCUT2D eigenvalue weighted by Crippen LogP contribution is 2.59. The number of benzene rings is 7. The minimum absolute atomic E-state index is 0.0282. The van der Waals surface area contributed by atoms with Crippen LogP contribution in [0, 0.1) is 6.92 Å². The predicted octanol–water partition coefficient (Wildman–Crippen LogP) is 9.03. The minimum Gasteiger partial charge on any atom is -0.376 e. The second kappa shape index (κ2) is 8.93. The number of para-hydroxylation sites is 4. The maximum Gasteiger partial charge on any atom is 0.333 e. The van der Waals surface area contributed by atoms with E-state index in [2.05, 4.69) is 174 Å². The van der Waals surface area contributed by atoms with Crippen LogP contribution in [0.3, 0.4) is 0 Å². The number of aromatic nitrogens is 1. The summed E-state index contributed by atoms with van der Waals surface area (Å²) in [5.41, 5.74) is 17.9. The van der Waals surface area contributed by atoms with Gasteiger partial charge in [0.2, 0.25) is 0 Å². The van der Waals surface area contributed by atoms with Gasteiger partial charge in [-0.25, -0.2) is 0 Å². The second-order valence-electron chi connectivity index (χ2n) is 13.3. The highest BCUT2D eigenvalue weighted by atomic mass is 15.1. The van der Waals surface area contributed by atoms with Crippen LogP contribution >= 0.6 is 0 Å².